The summed E-state index contributed by atoms with van der Waals surface area (Å²) in [4.78, 5) is 4.11. The Hall–Kier alpha value is -1.02. The van der Waals surface area contributed by atoms with Crippen molar-refractivity contribution in [2.75, 3.05) is 0 Å². The summed E-state index contributed by atoms with van der Waals surface area (Å²) < 4.78 is 5.36. The zero-order valence-electron chi connectivity index (χ0n) is 8.47. The second-order valence-corrected chi connectivity index (χ2v) is 4.78. The normalized spacial score (nSPS) is 12.3. The molecular formula is C11H12ClNO. The predicted octanol–water partition coefficient (Wildman–Crippen LogP) is 3.78. The van der Waals surface area contributed by atoms with E-state index in [1.807, 2.05) is 12.1 Å². The lowest BCUT2D eigenvalue weighted by Crippen LogP contribution is -2.12. The van der Waals surface area contributed by atoms with Gasteiger partial charge < -0.3 is 4.42 Å². The summed E-state index contributed by atoms with van der Waals surface area (Å²) in [6.07, 6.45) is 1.45. The van der Waals surface area contributed by atoms with Crippen LogP contribution >= 0.6 is 11.6 Å². The molecule has 0 aliphatic heterocycles. The van der Waals surface area contributed by atoms with Crippen LogP contribution < -0.4 is 0 Å². The largest absolute Gasteiger partial charge is 0.443 e. The summed E-state index contributed by atoms with van der Waals surface area (Å²) >= 11 is 6.16. The van der Waals surface area contributed by atoms with Gasteiger partial charge in [-0.25, -0.2) is 4.98 Å². The summed E-state index contributed by atoms with van der Waals surface area (Å²) in [5, 5.41) is 0.738. The Balaban J connectivity index is 2.83. The molecule has 1 aromatic heterocycles. The monoisotopic (exact) mass is 209 g/mol. The van der Waals surface area contributed by atoms with E-state index in [1.54, 1.807) is 0 Å². The molecule has 1 aromatic carbocycles. The van der Waals surface area contributed by atoms with Crippen molar-refractivity contribution in [3.63, 3.8) is 0 Å². The minimum absolute atomic E-state index is 0.0316. The van der Waals surface area contributed by atoms with E-state index in [-0.39, 0.29) is 5.41 Å². The van der Waals surface area contributed by atoms with Gasteiger partial charge >= 0.3 is 0 Å². The first kappa shape index (κ1) is 9.53. The van der Waals surface area contributed by atoms with Crippen LogP contribution in [0.1, 0.15) is 26.3 Å². The maximum Gasteiger partial charge on any atom is 0.181 e. The number of hydrogen-bond donors (Lipinski definition) is 0. The van der Waals surface area contributed by atoms with Crippen LogP contribution in [0, 0.1) is 0 Å². The fraction of sp³-hybridized carbons (Fsp3) is 0.364. The highest BCUT2D eigenvalue weighted by atomic mass is 35.5. The molecule has 2 aromatic rings. The number of benzene rings is 1. The van der Waals surface area contributed by atoms with Crippen LogP contribution in [0.25, 0.3) is 11.1 Å². The lowest BCUT2D eigenvalue weighted by atomic mass is 9.86. The van der Waals surface area contributed by atoms with E-state index in [1.165, 1.54) is 6.39 Å². The zero-order chi connectivity index (χ0) is 10.3. The van der Waals surface area contributed by atoms with E-state index in [9.17, 15) is 0 Å². The molecule has 0 bridgehead atoms. The van der Waals surface area contributed by atoms with E-state index < -0.39 is 0 Å². The highest BCUT2D eigenvalue weighted by Gasteiger charge is 2.22. The lowest BCUT2D eigenvalue weighted by molar-refractivity contribution is 0.554. The third-order valence-electron chi connectivity index (χ3n) is 2.20. The van der Waals surface area contributed by atoms with Gasteiger partial charge in [0.15, 0.2) is 12.0 Å². The predicted molar refractivity (Wildman–Crippen MR) is 57.7 cm³/mol. The summed E-state index contributed by atoms with van der Waals surface area (Å²) in [6.45, 7) is 6.32. The van der Waals surface area contributed by atoms with E-state index in [0.29, 0.717) is 0 Å². The maximum atomic E-state index is 6.16. The summed E-state index contributed by atoms with van der Waals surface area (Å²) in [5.74, 6) is 0. The van der Waals surface area contributed by atoms with Gasteiger partial charge in [0.2, 0.25) is 0 Å². The minimum atomic E-state index is -0.0316. The third kappa shape index (κ3) is 1.40. The molecule has 0 amide bonds. The number of halogens is 1. The average Bonchev–Trinajstić information content (AvgIpc) is 2.48. The van der Waals surface area contributed by atoms with Crippen molar-refractivity contribution >= 4 is 22.7 Å². The Morgan fingerprint density at radius 3 is 2.64 bits per heavy atom. The Morgan fingerprint density at radius 1 is 1.29 bits per heavy atom. The molecule has 0 fully saturated rings. The van der Waals surface area contributed by atoms with Crippen molar-refractivity contribution in [2.45, 2.75) is 26.2 Å². The summed E-state index contributed by atoms with van der Waals surface area (Å²) in [6, 6.07) is 3.74. The van der Waals surface area contributed by atoms with Crippen LogP contribution in [0.4, 0.5) is 0 Å². The number of fused-ring (bicyclic) bond motifs is 1. The second kappa shape index (κ2) is 2.99. The van der Waals surface area contributed by atoms with Gasteiger partial charge in [-0.15, -0.1) is 0 Å². The van der Waals surface area contributed by atoms with Gasteiger partial charge in [0.1, 0.15) is 5.52 Å². The highest BCUT2D eigenvalue weighted by Crippen LogP contribution is 2.35. The fourth-order valence-corrected chi connectivity index (χ4v) is 2.04. The molecule has 1 heterocycles. The molecule has 2 nitrogen and oxygen atoms in total. The molecule has 0 aliphatic carbocycles. The van der Waals surface area contributed by atoms with Crippen molar-refractivity contribution in [1.29, 1.82) is 0 Å². The molecule has 3 heteroatoms. The van der Waals surface area contributed by atoms with E-state index >= 15 is 0 Å². The first-order chi connectivity index (χ1) is 6.50. The second-order valence-electron chi connectivity index (χ2n) is 4.37. The Morgan fingerprint density at radius 2 is 2.00 bits per heavy atom. The first-order valence-corrected chi connectivity index (χ1v) is 4.90. The third-order valence-corrected chi connectivity index (χ3v) is 2.51. The molecule has 2 rings (SSSR count). The zero-order valence-corrected chi connectivity index (χ0v) is 9.22. The molecule has 0 saturated carbocycles. The van der Waals surface area contributed by atoms with Gasteiger partial charge in [-0.2, -0.15) is 0 Å². The standard InChI is InChI=1S/C11H12ClNO/c1-11(2,3)9-7(12)4-5-8-10(9)14-6-13-8/h4-6H,1-3H3. The van der Waals surface area contributed by atoms with Gasteiger partial charge in [-0.05, 0) is 17.5 Å². The molecule has 74 valence electrons. The Kier molecular flexibility index (Phi) is 2.04. The van der Waals surface area contributed by atoms with E-state index in [2.05, 4.69) is 25.8 Å². The maximum absolute atomic E-state index is 6.16. The Bertz CT molecular complexity index is 468. The SMILES string of the molecule is CC(C)(C)c1c(Cl)ccc2ncoc12. The van der Waals surface area contributed by atoms with Crippen molar-refractivity contribution in [3.05, 3.63) is 29.1 Å². The van der Waals surface area contributed by atoms with Gasteiger partial charge in [0.25, 0.3) is 0 Å². The van der Waals surface area contributed by atoms with Crippen molar-refractivity contribution in [1.82, 2.24) is 4.98 Å². The smallest absolute Gasteiger partial charge is 0.181 e. The molecule has 0 atom stereocenters. The number of oxazole rings is 1. The van der Waals surface area contributed by atoms with Crippen LogP contribution in [-0.2, 0) is 5.41 Å². The van der Waals surface area contributed by atoms with Crippen LogP contribution in [0.5, 0.6) is 0 Å². The number of rotatable bonds is 0. The number of aromatic nitrogens is 1. The Labute approximate surface area is 87.9 Å². The fourth-order valence-electron chi connectivity index (χ4n) is 1.60. The first-order valence-electron chi connectivity index (χ1n) is 4.52. The minimum Gasteiger partial charge on any atom is -0.443 e. The number of nitrogens with zero attached hydrogens (tertiary/aromatic N) is 1. The molecule has 0 N–H and O–H groups in total. The molecule has 0 unspecified atom stereocenters. The lowest BCUT2D eigenvalue weighted by Gasteiger charge is -2.20. The highest BCUT2D eigenvalue weighted by molar-refractivity contribution is 6.32. The number of hydrogen-bond acceptors (Lipinski definition) is 2. The van der Waals surface area contributed by atoms with Crippen molar-refractivity contribution in [2.24, 2.45) is 0 Å². The van der Waals surface area contributed by atoms with Crippen LogP contribution in [0.3, 0.4) is 0 Å². The van der Waals surface area contributed by atoms with Crippen LogP contribution in [0.2, 0.25) is 5.02 Å². The van der Waals surface area contributed by atoms with E-state index in [0.717, 1.165) is 21.7 Å². The van der Waals surface area contributed by atoms with Crippen molar-refractivity contribution in [3.8, 4) is 0 Å². The van der Waals surface area contributed by atoms with Gasteiger partial charge in [0, 0.05) is 10.6 Å². The topological polar surface area (TPSA) is 26.0 Å². The van der Waals surface area contributed by atoms with Gasteiger partial charge in [-0.1, -0.05) is 32.4 Å². The quantitative estimate of drug-likeness (QED) is 0.660. The average molecular weight is 210 g/mol. The van der Waals surface area contributed by atoms with Gasteiger partial charge in [0.05, 0.1) is 0 Å². The molecule has 0 saturated heterocycles. The van der Waals surface area contributed by atoms with Crippen LogP contribution in [-0.4, -0.2) is 4.98 Å². The molecular weight excluding hydrogens is 198 g/mol. The van der Waals surface area contributed by atoms with Crippen molar-refractivity contribution < 1.29 is 4.42 Å². The van der Waals surface area contributed by atoms with Gasteiger partial charge in [-0.3, -0.25) is 0 Å². The summed E-state index contributed by atoms with van der Waals surface area (Å²) in [5.41, 5.74) is 2.65. The molecule has 0 radical (unpaired) electrons. The summed E-state index contributed by atoms with van der Waals surface area (Å²) in [7, 11) is 0. The molecule has 14 heavy (non-hydrogen) atoms. The molecule has 0 spiro atoms. The van der Waals surface area contributed by atoms with E-state index in [4.69, 9.17) is 16.0 Å². The molecule has 0 aliphatic rings. The van der Waals surface area contributed by atoms with Crippen LogP contribution in [0.15, 0.2) is 22.9 Å².